The largest absolute Gasteiger partial charge is 0.208 e. The Hall–Kier alpha value is -7.93. The van der Waals surface area contributed by atoms with E-state index in [1.54, 1.807) is 0 Å². The monoisotopic (exact) mass is 802 g/mol. The Labute approximate surface area is 359 Å². The second-order valence-electron chi connectivity index (χ2n) is 14.5. The van der Waals surface area contributed by atoms with Crippen molar-refractivity contribution in [1.82, 2.24) is 29.9 Å². The molecule has 0 fully saturated rings. The van der Waals surface area contributed by atoms with Crippen molar-refractivity contribution in [3.05, 3.63) is 217 Å². The van der Waals surface area contributed by atoms with Crippen LogP contribution in [0.3, 0.4) is 0 Å². The lowest BCUT2D eigenvalue weighted by Gasteiger charge is -2.15. The van der Waals surface area contributed by atoms with Crippen molar-refractivity contribution in [2.75, 3.05) is 0 Å². The molecular weight excluding hydrogens is 768 g/mol. The van der Waals surface area contributed by atoms with Crippen LogP contribution in [0.1, 0.15) is 0 Å². The quantitative estimate of drug-likeness (QED) is 0.145. The van der Waals surface area contributed by atoms with Crippen molar-refractivity contribution < 1.29 is 0 Å². The lowest BCUT2D eigenvalue weighted by atomic mass is 9.91. The molecule has 10 rings (SSSR count). The molecule has 0 aliphatic rings. The van der Waals surface area contributed by atoms with Crippen molar-refractivity contribution in [3.63, 3.8) is 0 Å². The molecule has 0 unspecified atom stereocenters. The summed E-state index contributed by atoms with van der Waals surface area (Å²) in [5.74, 6) is 3.49. The van der Waals surface area contributed by atoms with Gasteiger partial charge in [0.15, 0.2) is 34.9 Å². The van der Waals surface area contributed by atoms with Gasteiger partial charge in [-0.05, 0) is 63.7 Å². The maximum atomic E-state index is 6.41. The number of benzene rings is 8. The molecule has 0 aliphatic carbocycles. The molecule has 288 valence electrons. The fourth-order valence-corrected chi connectivity index (χ4v) is 7.60. The molecule has 0 aliphatic heterocycles. The molecule has 6 nitrogen and oxygen atoms in total. The number of halogens is 1. The minimum Gasteiger partial charge on any atom is -0.208 e. The third-order valence-electron chi connectivity index (χ3n) is 10.4. The lowest BCUT2D eigenvalue weighted by Crippen LogP contribution is -2.01. The molecule has 61 heavy (non-hydrogen) atoms. The first kappa shape index (κ1) is 37.3. The summed E-state index contributed by atoms with van der Waals surface area (Å²) in [6.45, 7) is 0. The summed E-state index contributed by atoms with van der Waals surface area (Å²) in [6, 6.07) is 71.6. The fraction of sp³-hybridized carbons (Fsp3) is 0. The second kappa shape index (κ2) is 16.7. The van der Waals surface area contributed by atoms with E-state index in [1.165, 1.54) is 0 Å². The Morgan fingerprint density at radius 1 is 0.213 bits per heavy atom. The molecule has 2 heterocycles. The highest BCUT2D eigenvalue weighted by atomic mass is 35.5. The highest BCUT2D eigenvalue weighted by Crippen LogP contribution is 2.38. The van der Waals surface area contributed by atoms with Crippen molar-refractivity contribution >= 4 is 11.6 Å². The van der Waals surface area contributed by atoms with Crippen LogP contribution in [-0.2, 0) is 0 Å². The smallest absolute Gasteiger partial charge is 0.164 e. The predicted octanol–water partition coefficient (Wildman–Crippen LogP) is 13.7. The van der Waals surface area contributed by atoms with Crippen LogP contribution in [0.15, 0.2) is 212 Å². The minimum absolute atomic E-state index is 0.548. The summed E-state index contributed by atoms with van der Waals surface area (Å²) in [5.41, 5.74) is 11.7. The van der Waals surface area contributed by atoms with Gasteiger partial charge in [0.25, 0.3) is 0 Å². The van der Waals surface area contributed by atoms with Gasteiger partial charge >= 0.3 is 0 Å². The molecule has 10 aromatic rings. The Kier molecular flexibility index (Phi) is 10.2. The zero-order valence-electron chi connectivity index (χ0n) is 32.8. The molecule has 0 saturated carbocycles. The van der Waals surface area contributed by atoms with Gasteiger partial charge in [0, 0.05) is 38.4 Å². The van der Waals surface area contributed by atoms with E-state index in [-0.39, 0.29) is 0 Å². The first-order valence-electron chi connectivity index (χ1n) is 20.0. The van der Waals surface area contributed by atoms with Crippen LogP contribution >= 0.6 is 11.6 Å². The van der Waals surface area contributed by atoms with Gasteiger partial charge in [-0.25, -0.2) is 29.9 Å². The van der Waals surface area contributed by atoms with E-state index < -0.39 is 0 Å². The van der Waals surface area contributed by atoms with Crippen LogP contribution < -0.4 is 0 Å². The summed E-state index contributed by atoms with van der Waals surface area (Å²) >= 11 is 6.41. The van der Waals surface area contributed by atoms with Crippen LogP contribution in [0.4, 0.5) is 0 Å². The molecule has 0 bridgehead atoms. The number of aromatic nitrogens is 6. The van der Waals surface area contributed by atoms with Gasteiger partial charge < -0.3 is 0 Å². The maximum Gasteiger partial charge on any atom is 0.164 e. The summed E-state index contributed by atoms with van der Waals surface area (Å²) in [7, 11) is 0. The van der Waals surface area contributed by atoms with Gasteiger partial charge in [-0.3, -0.25) is 0 Å². The second-order valence-corrected chi connectivity index (χ2v) is 14.9. The third kappa shape index (κ3) is 8.08. The number of hydrogen-bond donors (Lipinski definition) is 0. The van der Waals surface area contributed by atoms with E-state index in [4.69, 9.17) is 41.5 Å². The summed E-state index contributed by atoms with van der Waals surface area (Å²) in [6.07, 6.45) is 0. The lowest BCUT2D eigenvalue weighted by molar-refractivity contribution is 1.07. The molecule has 0 atom stereocenters. The SMILES string of the molecule is Clc1cccc(-c2nc(-c3ccccc3)nc(-c3ccc(-c4cc(-c5nc(-c6ccccc6)nc(-c6ccccc6)n5)cc(-c5ccccc5-c5ccccc5)c4)cc3)n2)c1. The van der Waals surface area contributed by atoms with Gasteiger partial charge in [-0.1, -0.05) is 194 Å². The van der Waals surface area contributed by atoms with Gasteiger partial charge in [0.05, 0.1) is 0 Å². The summed E-state index contributed by atoms with van der Waals surface area (Å²) in [5, 5.41) is 0.614. The Morgan fingerprint density at radius 2 is 0.541 bits per heavy atom. The zero-order valence-corrected chi connectivity index (χ0v) is 33.5. The fourth-order valence-electron chi connectivity index (χ4n) is 7.41. The van der Waals surface area contributed by atoms with Crippen LogP contribution in [0.2, 0.25) is 5.02 Å². The first-order chi connectivity index (χ1) is 30.1. The van der Waals surface area contributed by atoms with E-state index in [0.717, 1.165) is 66.8 Å². The third-order valence-corrected chi connectivity index (χ3v) is 10.7. The average Bonchev–Trinajstić information content (AvgIpc) is 3.34. The van der Waals surface area contributed by atoms with Gasteiger partial charge in [0.2, 0.25) is 0 Å². The molecule has 0 spiro atoms. The van der Waals surface area contributed by atoms with Gasteiger partial charge in [0.1, 0.15) is 0 Å². The van der Waals surface area contributed by atoms with Gasteiger partial charge in [-0.2, -0.15) is 0 Å². The topological polar surface area (TPSA) is 77.3 Å². The predicted molar refractivity (Wildman–Crippen MR) is 247 cm³/mol. The number of rotatable bonds is 9. The number of nitrogens with zero attached hydrogens (tertiary/aromatic N) is 6. The van der Waals surface area contributed by atoms with Gasteiger partial charge in [-0.15, -0.1) is 0 Å². The van der Waals surface area contributed by atoms with Crippen LogP contribution in [0, 0.1) is 0 Å². The van der Waals surface area contributed by atoms with E-state index in [0.29, 0.717) is 40.0 Å². The highest BCUT2D eigenvalue weighted by Gasteiger charge is 2.18. The molecule has 0 saturated heterocycles. The van der Waals surface area contributed by atoms with Crippen LogP contribution in [0.25, 0.3) is 102 Å². The van der Waals surface area contributed by atoms with E-state index >= 15 is 0 Å². The zero-order chi connectivity index (χ0) is 41.0. The standard InChI is InChI=1S/C54H35ClN6/c55-46-25-15-24-42(35-46)53-58-49(38-18-7-2-8-19-38)57-52(59-53)41-30-28-36(29-31-41)43-32-44(48-27-14-13-26-47(48)37-16-5-1-6-17-37)34-45(33-43)54-60-50(39-20-9-3-10-21-39)56-51(61-54)40-22-11-4-12-23-40/h1-35H. The first-order valence-corrected chi connectivity index (χ1v) is 20.3. The molecule has 0 amide bonds. The van der Waals surface area contributed by atoms with Crippen LogP contribution in [-0.4, -0.2) is 29.9 Å². The maximum absolute atomic E-state index is 6.41. The molecule has 8 aromatic carbocycles. The minimum atomic E-state index is 0.548. The van der Waals surface area contributed by atoms with Crippen molar-refractivity contribution in [2.24, 2.45) is 0 Å². The average molecular weight is 803 g/mol. The molecule has 0 radical (unpaired) electrons. The molecule has 0 N–H and O–H groups in total. The molecule has 7 heteroatoms. The van der Waals surface area contributed by atoms with Crippen molar-refractivity contribution in [2.45, 2.75) is 0 Å². The molecular formula is C54H35ClN6. The Morgan fingerprint density at radius 3 is 1.02 bits per heavy atom. The summed E-state index contributed by atoms with van der Waals surface area (Å²) in [4.78, 5) is 30.0. The summed E-state index contributed by atoms with van der Waals surface area (Å²) < 4.78 is 0. The number of hydrogen-bond acceptors (Lipinski definition) is 6. The van der Waals surface area contributed by atoms with Crippen LogP contribution in [0.5, 0.6) is 0 Å². The van der Waals surface area contributed by atoms with E-state index in [9.17, 15) is 0 Å². The normalized spacial score (nSPS) is 11.0. The van der Waals surface area contributed by atoms with E-state index in [1.807, 2.05) is 121 Å². The van der Waals surface area contributed by atoms with E-state index in [2.05, 4.69) is 91.0 Å². The molecule has 2 aromatic heterocycles. The highest BCUT2D eigenvalue weighted by molar-refractivity contribution is 6.30. The van der Waals surface area contributed by atoms with Crippen molar-refractivity contribution in [3.8, 4) is 102 Å². The van der Waals surface area contributed by atoms with Crippen molar-refractivity contribution in [1.29, 1.82) is 0 Å². The Bertz CT molecular complexity index is 3070. The Balaban J connectivity index is 1.13.